The third kappa shape index (κ3) is 1.99. The summed E-state index contributed by atoms with van der Waals surface area (Å²) in [7, 11) is 4.15. The van der Waals surface area contributed by atoms with E-state index in [4.69, 9.17) is 11.6 Å². The zero-order chi connectivity index (χ0) is 17.3. The minimum atomic E-state index is -0.239. The van der Waals surface area contributed by atoms with Crippen LogP contribution in [0.1, 0.15) is 24.5 Å². The molecule has 3 nitrogen and oxygen atoms in total. The number of hydrogen-bond acceptors (Lipinski definition) is 3. The monoisotopic (exact) mass is 347 g/mol. The normalized spacial score (nSPS) is 26.7. The minimum Gasteiger partial charge on any atom is -0.365 e. The van der Waals surface area contributed by atoms with Crippen LogP contribution in [0.15, 0.2) is 23.9 Å². The first-order valence-corrected chi connectivity index (χ1v) is 8.81. The van der Waals surface area contributed by atoms with Crippen molar-refractivity contribution in [3.05, 3.63) is 45.9 Å². The van der Waals surface area contributed by atoms with Crippen molar-refractivity contribution in [2.45, 2.75) is 32.4 Å². The lowest BCUT2D eigenvalue weighted by molar-refractivity contribution is 0.104. The molecule has 1 fully saturated rings. The average Bonchev–Trinajstić information content (AvgIpc) is 2.89. The van der Waals surface area contributed by atoms with Crippen LogP contribution in [0, 0.1) is 12.7 Å². The Morgan fingerprint density at radius 3 is 2.71 bits per heavy atom. The lowest BCUT2D eigenvalue weighted by Crippen LogP contribution is -2.53. The number of piperazine rings is 1. The zero-order valence-electron chi connectivity index (χ0n) is 14.7. The number of nitrogens with zero attached hydrogens (tertiary/aromatic N) is 3. The van der Waals surface area contributed by atoms with E-state index in [0.717, 1.165) is 42.2 Å². The van der Waals surface area contributed by atoms with E-state index >= 15 is 0 Å². The van der Waals surface area contributed by atoms with Gasteiger partial charge in [-0.2, -0.15) is 0 Å². The van der Waals surface area contributed by atoms with E-state index in [1.807, 2.05) is 11.9 Å². The predicted molar refractivity (Wildman–Crippen MR) is 97.8 cm³/mol. The Labute approximate surface area is 148 Å². The number of anilines is 1. The third-order valence-electron chi connectivity index (χ3n) is 5.93. The topological polar surface area (TPSA) is 9.72 Å². The Morgan fingerprint density at radius 1 is 1.29 bits per heavy atom. The molecule has 2 unspecified atom stereocenters. The van der Waals surface area contributed by atoms with Gasteiger partial charge in [-0.15, -0.1) is 0 Å². The highest BCUT2D eigenvalue weighted by Gasteiger charge is 2.43. The van der Waals surface area contributed by atoms with Crippen molar-refractivity contribution < 1.29 is 4.39 Å². The molecule has 1 aromatic rings. The summed E-state index contributed by atoms with van der Waals surface area (Å²) < 4.78 is 14.4. The van der Waals surface area contributed by atoms with Crippen molar-refractivity contribution in [2.75, 3.05) is 32.1 Å². The summed E-state index contributed by atoms with van der Waals surface area (Å²) in [4.78, 5) is 6.87. The summed E-state index contributed by atoms with van der Waals surface area (Å²) in [6, 6.07) is 2.55. The molecule has 4 rings (SSSR count). The summed E-state index contributed by atoms with van der Waals surface area (Å²) in [5.41, 5.74) is 5.64. The molecule has 5 heteroatoms. The molecule has 0 aromatic heterocycles. The van der Waals surface area contributed by atoms with Crippen LogP contribution in [0.3, 0.4) is 0 Å². The molecule has 0 aliphatic carbocycles. The molecule has 2 atom stereocenters. The molecular formula is C19H23ClFN3. The minimum absolute atomic E-state index is 0.239. The number of fused-ring (bicyclic) bond motifs is 4. The van der Waals surface area contributed by atoms with Crippen LogP contribution in [0.4, 0.5) is 10.1 Å². The largest absolute Gasteiger partial charge is 0.365 e. The summed E-state index contributed by atoms with van der Waals surface area (Å²) in [5.74, 6) is -0.239. The molecule has 24 heavy (non-hydrogen) atoms. The van der Waals surface area contributed by atoms with Crippen molar-refractivity contribution in [3.8, 4) is 0 Å². The Bertz CT molecular complexity index is 785. The van der Waals surface area contributed by atoms with Crippen LogP contribution in [-0.4, -0.2) is 49.1 Å². The fraction of sp³-hybridized carbons (Fsp3) is 0.474. The number of likely N-dealkylation sites (N-methyl/N-ethyl adjacent to an activating group) is 2. The van der Waals surface area contributed by atoms with Crippen LogP contribution in [-0.2, 0) is 0 Å². The highest BCUT2D eigenvalue weighted by Crippen LogP contribution is 2.51. The lowest BCUT2D eigenvalue weighted by atomic mass is 9.95. The molecule has 0 amide bonds. The molecule has 1 aromatic carbocycles. The molecule has 3 aliphatic rings. The molecule has 3 aliphatic heterocycles. The fourth-order valence-corrected chi connectivity index (χ4v) is 4.58. The number of hydrogen-bond donors (Lipinski definition) is 0. The van der Waals surface area contributed by atoms with Gasteiger partial charge < -0.3 is 9.80 Å². The Hall–Kier alpha value is -1.52. The van der Waals surface area contributed by atoms with E-state index in [-0.39, 0.29) is 5.82 Å². The first-order chi connectivity index (χ1) is 11.3. The summed E-state index contributed by atoms with van der Waals surface area (Å²) in [5, 5.41) is 0.492. The number of halogens is 2. The van der Waals surface area contributed by atoms with Gasteiger partial charge >= 0.3 is 0 Å². The Morgan fingerprint density at radius 2 is 2.00 bits per heavy atom. The van der Waals surface area contributed by atoms with Crippen LogP contribution >= 0.6 is 11.6 Å². The van der Waals surface area contributed by atoms with Gasteiger partial charge in [0.25, 0.3) is 0 Å². The van der Waals surface area contributed by atoms with Crippen molar-refractivity contribution in [1.29, 1.82) is 0 Å². The maximum absolute atomic E-state index is 14.4. The molecule has 3 heterocycles. The van der Waals surface area contributed by atoms with Gasteiger partial charge in [0.15, 0.2) is 0 Å². The van der Waals surface area contributed by atoms with Gasteiger partial charge in [0.2, 0.25) is 0 Å². The van der Waals surface area contributed by atoms with E-state index in [1.165, 1.54) is 5.57 Å². The number of rotatable bonds is 0. The smallest absolute Gasteiger partial charge is 0.128 e. The molecule has 0 N–H and O–H groups in total. The maximum atomic E-state index is 14.4. The van der Waals surface area contributed by atoms with E-state index < -0.39 is 0 Å². The molecule has 128 valence electrons. The Kier molecular flexibility index (Phi) is 3.49. The zero-order valence-corrected chi connectivity index (χ0v) is 15.4. The maximum Gasteiger partial charge on any atom is 0.128 e. The second-order valence-corrected chi connectivity index (χ2v) is 7.70. The Balaban J connectivity index is 1.91. The molecule has 0 bridgehead atoms. The highest BCUT2D eigenvalue weighted by atomic mass is 35.5. The number of allylic oxidation sites excluding steroid dienone is 1. The third-order valence-corrected chi connectivity index (χ3v) is 6.39. The SMILES string of the molecule is C=C1C2=C(c3cc(F)c(C)c(Cl)c3N1C)N1CC(C)N(C)CC1C2. The molecular weight excluding hydrogens is 325 g/mol. The van der Waals surface area contributed by atoms with Gasteiger partial charge in [-0.05, 0) is 33.4 Å². The van der Waals surface area contributed by atoms with E-state index in [9.17, 15) is 4.39 Å². The van der Waals surface area contributed by atoms with Crippen molar-refractivity contribution in [3.63, 3.8) is 0 Å². The summed E-state index contributed by atoms with van der Waals surface area (Å²) in [6.07, 6.45) is 0.960. The van der Waals surface area contributed by atoms with Crippen molar-refractivity contribution >= 4 is 23.0 Å². The number of benzene rings is 1. The second kappa shape index (κ2) is 5.24. The van der Waals surface area contributed by atoms with Crippen LogP contribution in [0.25, 0.3) is 5.70 Å². The second-order valence-electron chi connectivity index (χ2n) is 7.33. The van der Waals surface area contributed by atoms with E-state index in [0.29, 0.717) is 22.7 Å². The predicted octanol–water partition coefficient (Wildman–Crippen LogP) is 3.87. The molecule has 0 spiro atoms. The van der Waals surface area contributed by atoms with E-state index in [1.54, 1.807) is 13.0 Å². The molecule has 1 saturated heterocycles. The summed E-state index contributed by atoms with van der Waals surface area (Å²) in [6.45, 7) is 10.2. The van der Waals surface area contributed by atoms with Gasteiger partial charge in [0, 0.05) is 54.6 Å². The fourth-order valence-electron chi connectivity index (χ4n) is 4.26. The summed E-state index contributed by atoms with van der Waals surface area (Å²) >= 11 is 6.52. The molecule has 0 radical (unpaired) electrons. The first kappa shape index (κ1) is 16.0. The van der Waals surface area contributed by atoms with Crippen molar-refractivity contribution in [1.82, 2.24) is 9.80 Å². The van der Waals surface area contributed by atoms with Crippen LogP contribution in [0.2, 0.25) is 5.02 Å². The van der Waals surface area contributed by atoms with Crippen molar-refractivity contribution in [2.24, 2.45) is 0 Å². The van der Waals surface area contributed by atoms with Gasteiger partial charge in [0.05, 0.1) is 16.4 Å². The van der Waals surface area contributed by atoms with Crippen LogP contribution < -0.4 is 4.90 Å². The van der Waals surface area contributed by atoms with E-state index in [2.05, 4.69) is 30.4 Å². The lowest BCUT2D eigenvalue weighted by Gasteiger charge is -2.43. The molecule has 0 saturated carbocycles. The highest BCUT2D eigenvalue weighted by molar-refractivity contribution is 6.34. The average molecular weight is 348 g/mol. The van der Waals surface area contributed by atoms with Gasteiger partial charge in [0.1, 0.15) is 5.82 Å². The van der Waals surface area contributed by atoms with Gasteiger partial charge in [-0.1, -0.05) is 18.2 Å². The van der Waals surface area contributed by atoms with Gasteiger partial charge in [-0.25, -0.2) is 4.39 Å². The van der Waals surface area contributed by atoms with Crippen LogP contribution in [0.5, 0.6) is 0 Å². The first-order valence-electron chi connectivity index (χ1n) is 8.43. The quantitative estimate of drug-likeness (QED) is 0.705. The standard InChI is InChI=1S/C19H23ClFN3/c1-10-8-24-13(9-22(10)4)6-14-12(3)23(5)19-15(18(14)24)7-16(21)11(2)17(19)20/h7,10,13H,3,6,8-9H2,1-2,4-5H3. The van der Waals surface area contributed by atoms with Gasteiger partial charge in [-0.3, -0.25) is 4.90 Å².